The summed E-state index contributed by atoms with van der Waals surface area (Å²) < 4.78 is 0. The number of carboxylic acid groups (broad SMARTS) is 1. The maximum atomic E-state index is 13.8. The topological polar surface area (TPSA) is 211 Å². The Bertz CT molecular complexity index is 1920. The van der Waals surface area contributed by atoms with Gasteiger partial charge in [-0.05, 0) is 28.8 Å². The molecule has 0 bridgehead atoms. The summed E-state index contributed by atoms with van der Waals surface area (Å²) in [7, 11) is 0. The fourth-order valence-corrected chi connectivity index (χ4v) is 5.57. The summed E-state index contributed by atoms with van der Waals surface area (Å²) in [6.07, 6.45) is 3.73. The molecular weight excluding hydrogens is 614 g/mol. The van der Waals surface area contributed by atoms with Gasteiger partial charge in [0.2, 0.25) is 23.6 Å². The van der Waals surface area contributed by atoms with E-state index in [1.165, 1.54) is 0 Å². The number of H-pyrrole nitrogens is 2. The number of nitrogens with two attached hydrogens (primary N) is 1. The van der Waals surface area contributed by atoms with E-state index in [2.05, 4.69) is 31.2 Å². The summed E-state index contributed by atoms with van der Waals surface area (Å²) in [5.41, 5.74) is 9.49. The normalized spacial score (nSPS) is 12.9. The van der Waals surface area contributed by atoms with Crippen molar-refractivity contribution in [1.82, 2.24) is 31.2 Å². The number of rotatable bonds is 15. The van der Waals surface area contributed by atoms with Gasteiger partial charge in [0.25, 0.3) is 0 Å². The lowest BCUT2D eigenvalue weighted by atomic mass is 10.0. The van der Waals surface area contributed by atoms with Crippen molar-refractivity contribution in [2.75, 3.05) is 13.1 Å². The number of aromatic amines is 2. The Hall–Kier alpha value is -5.95. The van der Waals surface area contributed by atoms with Crippen molar-refractivity contribution < 1.29 is 29.1 Å². The van der Waals surface area contributed by atoms with E-state index in [0.29, 0.717) is 0 Å². The molecule has 248 valence electrons. The molecule has 13 nitrogen and oxygen atoms in total. The lowest BCUT2D eigenvalue weighted by Crippen LogP contribution is -2.56. The molecular formula is C35H37N7O6. The maximum Gasteiger partial charge on any atom is 0.326 e. The van der Waals surface area contributed by atoms with Crippen LogP contribution in [0.15, 0.2) is 91.3 Å². The number of hydrogen-bond acceptors (Lipinski definition) is 6. The number of carboxylic acids is 1. The van der Waals surface area contributed by atoms with Crippen LogP contribution in [0.5, 0.6) is 0 Å². The minimum absolute atomic E-state index is 0.0552. The molecule has 4 amide bonds. The number of aliphatic carboxylic acids is 1. The van der Waals surface area contributed by atoms with Gasteiger partial charge in [0.05, 0.1) is 13.1 Å². The first-order chi connectivity index (χ1) is 23.2. The predicted molar refractivity (Wildman–Crippen MR) is 180 cm³/mol. The average Bonchev–Trinajstić information content (AvgIpc) is 3.70. The monoisotopic (exact) mass is 651 g/mol. The zero-order valence-electron chi connectivity index (χ0n) is 26.0. The van der Waals surface area contributed by atoms with Crippen molar-refractivity contribution in [3.8, 4) is 0 Å². The molecule has 0 saturated carbocycles. The van der Waals surface area contributed by atoms with Gasteiger partial charge in [0.1, 0.15) is 18.1 Å². The third kappa shape index (κ3) is 8.44. The Morgan fingerprint density at radius 1 is 0.625 bits per heavy atom. The number of carbonyl (C=O) groups is 5. The van der Waals surface area contributed by atoms with Crippen molar-refractivity contribution in [1.29, 1.82) is 0 Å². The van der Waals surface area contributed by atoms with E-state index < -0.39 is 54.3 Å². The van der Waals surface area contributed by atoms with Crippen LogP contribution in [0.4, 0.5) is 0 Å². The average molecular weight is 652 g/mol. The lowest BCUT2D eigenvalue weighted by molar-refractivity contribution is -0.141. The Balaban J connectivity index is 1.32. The van der Waals surface area contributed by atoms with Gasteiger partial charge in [-0.2, -0.15) is 0 Å². The summed E-state index contributed by atoms with van der Waals surface area (Å²) in [5, 5.41) is 21.8. The number of nitrogens with one attached hydrogen (secondary N) is 6. The van der Waals surface area contributed by atoms with Crippen molar-refractivity contribution in [3.05, 3.63) is 108 Å². The van der Waals surface area contributed by atoms with E-state index in [9.17, 15) is 29.1 Å². The van der Waals surface area contributed by atoms with E-state index >= 15 is 0 Å². The van der Waals surface area contributed by atoms with Crippen molar-refractivity contribution in [2.24, 2.45) is 5.73 Å². The number of hydrogen-bond donors (Lipinski definition) is 8. The fraction of sp³-hybridized carbons (Fsp3) is 0.229. The van der Waals surface area contributed by atoms with E-state index in [0.717, 1.165) is 38.5 Å². The first kappa shape index (κ1) is 33.4. The second-order valence-corrected chi connectivity index (χ2v) is 11.4. The molecule has 0 unspecified atom stereocenters. The van der Waals surface area contributed by atoms with Crippen LogP contribution in [0.3, 0.4) is 0 Å². The Labute approximate surface area is 275 Å². The minimum atomic E-state index is -1.22. The molecule has 5 aromatic rings. The van der Waals surface area contributed by atoms with Crippen LogP contribution in [0.1, 0.15) is 16.7 Å². The van der Waals surface area contributed by atoms with Gasteiger partial charge in [-0.1, -0.05) is 66.7 Å². The molecule has 48 heavy (non-hydrogen) atoms. The van der Waals surface area contributed by atoms with Crippen LogP contribution in [-0.4, -0.2) is 75.9 Å². The molecule has 0 radical (unpaired) electrons. The summed E-state index contributed by atoms with van der Waals surface area (Å²) in [6.45, 7) is -0.867. The van der Waals surface area contributed by atoms with Crippen molar-refractivity contribution >= 4 is 51.4 Å². The fourth-order valence-electron chi connectivity index (χ4n) is 5.57. The summed E-state index contributed by atoms with van der Waals surface area (Å²) >= 11 is 0. The van der Waals surface area contributed by atoms with Gasteiger partial charge in [0, 0.05) is 53.5 Å². The number of benzene rings is 3. The number of fused-ring (bicyclic) bond motifs is 2. The molecule has 13 heteroatoms. The second-order valence-electron chi connectivity index (χ2n) is 11.4. The molecule has 9 N–H and O–H groups in total. The van der Waals surface area contributed by atoms with Crippen molar-refractivity contribution in [3.63, 3.8) is 0 Å². The molecule has 0 aliphatic carbocycles. The van der Waals surface area contributed by atoms with Crippen LogP contribution in [-0.2, 0) is 43.2 Å². The van der Waals surface area contributed by atoms with E-state index in [1.54, 1.807) is 42.7 Å². The van der Waals surface area contributed by atoms with Crippen LogP contribution in [0, 0.1) is 0 Å². The van der Waals surface area contributed by atoms with E-state index in [-0.39, 0.29) is 25.8 Å². The van der Waals surface area contributed by atoms with Crippen LogP contribution in [0.2, 0.25) is 0 Å². The summed E-state index contributed by atoms with van der Waals surface area (Å²) in [4.78, 5) is 70.7. The largest absolute Gasteiger partial charge is 0.480 e. The highest BCUT2D eigenvalue weighted by Crippen LogP contribution is 2.21. The first-order valence-corrected chi connectivity index (χ1v) is 15.5. The quantitative estimate of drug-likeness (QED) is 0.0830. The highest BCUT2D eigenvalue weighted by Gasteiger charge is 2.29. The Morgan fingerprint density at radius 2 is 1.15 bits per heavy atom. The van der Waals surface area contributed by atoms with E-state index in [4.69, 9.17) is 5.73 Å². The van der Waals surface area contributed by atoms with Gasteiger partial charge in [-0.25, -0.2) is 4.79 Å². The smallest absolute Gasteiger partial charge is 0.326 e. The number of carbonyl (C=O) groups excluding carboxylic acids is 4. The highest BCUT2D eigenvalue weighted by atomic mass is 16.4. The zero-order valence-corrected chi connectivity index (χ0v) is 26.0. The van der Waals surface area contributed by atoms with Crippen LogP contribution < -0.4 is 27.0 Å². The highest BCUT2D eigenvalue weighted by molar-refractivity contribution is 5.95. The standard InChI is InChI=1S/C35H37N7O6/c36-17-31(43)40-29(16-23-19-38-27-13-7-5-11-25(23)27)34(46)42-28(15-22-18-37-26-12-6-4-10-24(22)26)33(45)39-20-32(44)41-30(35(47)48)14-21-8-2-1-3-9-21/h1-13,18-19,28-30,37-38H,14-17,20,36H2,(H,39,45)(H,40,43)(H,41,44)(H,42,46)(H,47,48)/t28-,29-,30-/m0/s1. The molecule has 5 rings (SSSR count). The number of para-hydroxylation sites is 2. The maximum absolute atomic E-state index is 13.8. The van der Waals surface area contributed by atoms with Crippen LogP contribution in [0.25, 0.3) is 21.8 Å². The Kier molecular flexibility index (Phi) is 10.8. The van der Waals surface area contributed by atoms with Crippen molar-refractivity contribution in [2.45, 2.75) is 37.4 Å². The number of amides is 4. The molecule has 0 spiro atoms. The molecule has 3 aromatic carbocycles. The Morgan fingerprint density at radius 3 is 1.71 bits per heavy atom. The third-order valence-corrected chi connectivity index (χ3v) is 8.01. The third-order valence-electron chi connectivity index (χ3n) is 8.01. The summed E-state index contributed by atoms with van der Waals surface area (Å²) in [6, 6.07) is 20.4. The van der Waals surface area contributed by atoms with E-state index in [1.807, 2.05) is 48.5 Å². The SMILES string of the molecule is NCC(=O)N[C@@H](Cc1c[nH]c2ccccc12)C(=O)N[C@@H](Cc1c[nH]c2ccccc12)C(=O)NCC(=O)N[C@@H](Cc1ccccc1)C(=O)O. The second kappa shape index (κ2) is 15.6. The predicted octanol–water partition coefficient (Wildman–Crippen LogP) is 1.29. The molecule has 2 heterocycles. The lowest BCUT2D eigenvalue weighted by Gasteiger charge is -2.23. The molecule has 2 aromatic heterocycles. The first-order valence-electron chi connectivity index (χ1n) is 15.5. The molecule has 0 aliphatic rings. The molecule has 0 aliphatic heterocycles. The molecule has 3 atom stereocenters. The van der Waals surface area contributed by atoms with Crippen LogP contribution >= 0.6 is 0 Å². The van der Waals surface area contributed by atoms with Gasteiger partial charge in [-0.3, -0.25) is 19.2 Å². The molecule has 0 saturated heterocycles. The van der Waals surface area contributed by atoms with Gasteiger partial charge in [-0.15, -0.1) is 0 Å². The molecule has 0 fully saturated rings. The van der Waals surface area contributed by atoms with Gasteiger partial charge >= 0.3 is 5.97 Å². The minimum Gasteiger partial charge on any atom is -0.480 e. The number of aromatic nitrogens is 2. The van der Waals surface area contributed by atoms with Gasteiger partial charge < -0.3 is 42.1 Å². The zero-order chi connectivity index (χ0) is 34.0. The summed E-state index contributed by atoms with van der Waals surface area (Å²) in [5.74, 6) is -3.78. The van der Waals surface area contributed by atoms with Gasteiger partial charge in [0.15, 0.2) is 0 Å².